The average molecular weight is 1000 g/mol. The van der Waals surface area contributed by atoms with Crippen LogP contribution in [0.2, 0.25) is 0 Å². The molecule has 2 saturated heterocycles. The predicted molar refractivity (Wildman–Crippen MR) is 281 cm³/mol. The van der Waals surface area contributed by atoms with Crippen molar-refractivity contribution in [3.63, 3.8) is 0 Å². The Morgan fingerprint density at radius 2 is 0.986 bits per heavy atom. The average Bonchev–Trinajstić information content (AvgIpc) is 3.37. The molecule has 14 heteroatoms. The molecule has 0 aromatic heterocycles. The summed E-state index contributed by atoms with van der Waals surface area (Å²) in [5, 5.41) is 86.9. The van der Waals surface area contributed by atoms with E-state index >= 15 is 0 Å². The largest absolute Gasteiger partial charge is 0.394 e. The summed E-state index contributed by atoms with van der Waals surface area (Å²) in [6.07, 6.45) is 39.0. The lowest BCUT2D eigenvalue weighted by Gasteiger charge is -2.46. The number of amides is 1. The van der Waals surface area contributed by atoms with E-state index in [4.69, 9.17) is 18.9 Å². The lowest BCUT2D eigenvalue weighted by atomic mass is 9.97. The fourth-order valence-electron chi connectivity index (χ4n) is 8.37. The van der Waals surface area contributed by atoms with Gasteiger partial charge in [-0.05, 0) is 83.5 Å². The number of unbranched alkanes of at least 4 members (excludes halogenated alkanes) is 16. The zero-order chi connectivity index (χ0) is 51.7. The minimum absolute atomic E-state index is 0.249. The molecule has 0 saturated carbocycles. The van der Waals surface area contributed by atoms with Gasteiger partial charge < -0.3 is 65.1 Å². The highest BCUT2D eigenvalue weighted by atomic mass is 16.7. The fraction of sp³-hybridized carbons (Fsp3) is 0.737. The molecule has 12 unspecified atom stereocenters. The highest BCUT2D eigenvalue weighted by Crippen LogP contribution is 2.30. The molecule has 9 N–H and O–H groups in total. The predicted octanol–water partition coefficient (Wildman–Crippen LogP) is 8.16. The Balaban J connectivity index is 1.85. The van der Waals surface area contributed by atoms with Crippen LogP contribution in [-0.4, -0.2) is 140 Å². The first-order chi connectivity index (χ1) is 34.6. The third kappa shape index (κ3) is 29.0. The lowest BCUT2D eigenvalue weighted by Crippen LogP contribution is -2.65. The van der Waals surface area contributed by atoms with Gasteiger partial charge in [0.05, 0.1) is 32.0 Å². The maximum Gasteiger partial charge on any atom is 0.220 e. The number of hydrogen-bond donors (Lipinski definition) is 9. The fourth-order valence-corrected chi connectivity index (χ4v) is 8.37. The van der Waals surface area contributed by atoms with Crippen LogP contribution in [0.3, 0.4) is 0 Å². The smallest absolute Gasteiger partial charge is 0.220 e. The van der Waals surface area contributed by atoms with Crippen molar-refractivity contribution in [1.82, 2.24) is 5.32 Å². The Morgan fingerprint density at radius 3 is 1.55 bits per heavy atom. The van der Waals surface area contributed by atoms with Crippen LogP contribution in [0.1, 0.15) is 174 Å². The van der Waals surface area contributed by atoms with Crippen LogP contribution >= 0.6 is 0 Å². The van der Waals surface area contributed by atoms with E-state index in [9.17, 15) is 45.6 Å². The van der Waals surface area contributed by atoms with Gasteiger partial charge in [0.15, 0.2) is 12.6 Å². The van der Waals surface area contributed by atoms with Crippen molar-refractivity contribution in [2.45, 2.75) is 248 Å². The van der Waals surface area contributed by atoms with Crippen LogP contribution in [-0.2, 0) is 23.7 Å². The van der Waals surface area contributed by atoms with Crippen molar-refractivity contribution in [3.8, 4) is 0 Å². The van der Waals surface area contributed by atoms with E-state index in [0.717, 1.165) is 89.9 Å². The summed E-state index contributed by atoms with van der Waals surface area (Å²) in [7, 11) is 0. The highest BCUT2D eigenvalue weighted by molar-refractivity contribution is 5.76. The molecule has 0 aliphatic carbocycles. The maximum absolute atomic E-state index is 13.2. The minimum atomic E-state index is -1.80. The number of hydrogen-bond acceptors (Lipinski definition) is 13. The van der Waals surface area contributed by atoms with Gasteiger partial charge in [0.25, 0.3) is 0 Å². The lowest BCUT2D eigenvalue weighted by molar-refractivity contribution is -0.359. The number of nitrogens with one attached hydrogen (secondary N) is 1. The van der Waals surface area contributed by atoms with Crippen molar-refractivity contribution >= 4 is 5.91 Å². The molecule has 2 fully saturated rings. The summed E-state index contributed by atoms with van der Waals surface area (Å²) >= 11 is 0. The Bertz CT molecular complexity index is 1510. The van der Waals surface area contributed by atoms with E-state index < -0.39 is 86.8 Å². The number of ether oxygens (including phenoxy) is 4. The second-order valence-electron chi connectivity index (χ2n) is 19.0. The first kappa shape index (κ1) is 64.3. The van der Waals surface area contributed by atoms with E-state index in [-0.39, 0.29) is 18.9 Å². The van der Waals surface area contributed by atoms with Gasteiger partial charge in [-0.1, -0.05) is 170 Å². The molecule has 0 radical (unpaired) electrons. The van der Waals surface area contributed by atoms with Crippen LogP contribution in [0.4, 0.5) is 0 Å². The number of aliphatic hydroxyl groups excluding tert-OH is 8. The van der Waals surface area contributed by atoms with Crippen molar-refractivity contribution in [3.05, 3.63) is 85.1 Å². The first-order valence-corrected chi connectivity index (χ1v) is 27.3. The number of carbonyl (C=O) groups is 1. The number of aliphatic hydroxyl groups is 8. The second kappa shape index (κ2) is 42.5. The van der Waals surface area contributed by atoms with Gasteiger partial charge in [0.2, 0.25) is 5.91 Å². The molecule has 71 heavy (non-hydrogen) atoms. The number of allylic oxidation sites excluding steroid dienone is 13. The molecule has 0 aromatic carbocycles. The molecule has 12 atom stereocenters. The molecule has 2 heterocycles. The van der Waals surface area contributed by atoms with Gasteiger partial charge in [0.1, 0.15) is 48.8 Å². The Labute approximate surface area is 427 Å². The molecule has 0 aromatic rings. The third-order valence-electron chi connectivity index (χ3n) is 12.8. The van der Waals surface area contributed by atoms with Gasteiger partial charge in [-0.2, -0.15) is 0 Å². The van der Waals surface area contributed by atoms with Gasteiger partial charge in [-0.15, -0.1) is 0 Å². The molecule has 2 rings (SSSR count). The Morgan fingerprint density at radius 1 is 0.521 bits per heavy atom. The van der Waals surface area contributed by atoms with E-state index in [2.05, 4.69) is 92.1 Å². The monoisotopic (exact) mass is 1000 g/mol. The summed E-state index contributed by atoms with van der Waals surface area (Å²) in [5.74, 6) is -0.272. The van der Waals surface area contributed by atoms with Gasteiger partial charge in [-0.25, -0.2) is 0 Å². The van der Waals surface area contributed by atoms with Crippen LogP contribution in [0.25, 0.3) is 0 Å². The molecule has 0 spiro atoms. The van der Waals surface area contributed by atoms with Gasteiger partial charge >= 0.3 is 0 Å². The summed E-state index contributed by atoms with van der Waals surface area (Å²) in [5.41, 5.74) is 0. The molecule has 2 aliphatic rings. The van der Waals surface area contributed by atoms with Crippen LogP contribution in [0.15, 0.2) is 85.1 Å². The maximum atomic E-state index is 13.2. The molecular formula is C57H97NO13. The van der Waals surface area contributed by atoms with Crippen LogP contribution < -0.4 is 5.32 Å². The van der Waals surface area contributed by atoms with Gasteiger partial charge in [-0.3, -0.25) is 4.79 Å². The van der Waals surface area contributed by atoms with E-state index in [1.165, 1.54) is 51.4 Å². The minimum Gasteiger partial charge on any atom is -0.394 e. The number of rotatable bonds is 41. The van der Waals surface area contributed by atoms with Crippen LogP contribution in [0, 0.1) is 0 Å². The number of carbonyl (C=O) groups excluding carboxylic acids is 1. The van der Waals surface area contributed by atoms with Crippen molar-refractivity contribution in [2.24, 2.45) is 0 Å². The SMILES string of the molecule is CC/C=C\C/C=C\C/C=C\C/C=C\CCCCCCCCC(=O)NC(COC1OC(CO)C(OC2OC(CO)C(O)C(O)C2O)C(O)C1O)C(O)/C=C/CC/C=C/CC/C=C/CCCCCCCCCC. The standard InChI is InChI=1S/C57H97NO13/c1-3-5-7-9-11-13-15-17-19-21-23-25-27-29-31-33-35-37-39-41-49(62)58-45(46(61)40-38-36-34-32-30-28-26-24-22-20-18-16-14-12-10-8-6-4-2)44-68-56-54(67)52(65)55(48(43-60)70-56)71-57-53(66)51(64)50(63)47(42-59)69-57/h5,7,11,13,17,19,22-25,30,32,38,40,45-48,50-57,59-61,63-67H,3-4,6,8-10,12,14-16,18,20-21,26-29,31,33-37,39,41-44H2,1-2H3,(H,58,62)/b7-5-,13-11-,19-17-,24-22+,25-23-,32-30+,40-38+. The zero-order valence-electron chi connectivity index (χ0n) is 43.4. The van der Waals surface area contributed by atoms with E-state index in [0.29, 0.717) is 12.8 Å². The van der Waals surface area contributed by atoms with Crippen molar-refractivity contribution < 1.29 is 64.6 Å². The quantitative estimate of drug-likeness (QED) is 0.0208. The molecular weight excluding hydrogens is 907 g/mol. The Hall–Kier alpha value is -2.83. The van der Waals surface area contributed by atoms with Crippen molar-refractivity contribution in [2.75, 3.05) is 19.8 Å². The molecule has 1 amide bonds. The highest BCUT2D eigenvalue weighted by Gasteiger charge is 2.51. The first-order valence-electron chi connectivity index (χ1n) is 27.3. The Kier molecular flexibility index (Phi) is 38.5. The summed E-state index contributed by atoms with van der Waals surface area (Å²) in [4.78, 5) is 13.2. The molecule has 0 bridgehead atoms. The third-order valence-corrected chi connectivity index (χ3v) is 12.8. The summed E-state index contributed by atoms with van der Waals surface area (Å²) in [6, 6.07) is -0.950. The molecule has 408 valence electrons. The normalized spacial score (nSPS) is 26.5. The zero-order valence-corrected chi connectivity index (χ0v) is 43.4. The van der Waals surface area contributed by atoms with E-state index in [1.807, 2.05) is 6.08 Å². The second-order valence-corrected chi connectivity index (χ2v) is 19.0. The van der Waals surface area contributed by atoms with Crippen molar-refractivity contribution in [1.29, 1.82) is 0 Å². The summed E-state index contributed by atoms with van der Waals surface area (Å²) in [6.45, 7) is 2.62. The topological polar surface area (TPSA) is 228 Å². The molecule has 14 nitrogen and oxygen atoms in total. The van der Waals surface area contributed by atoms with Crippen LogP contribution in [0.5, 0.6) is 0 Å². The summed E-state index contributed by atoms with van der Waals surface area (Å²) < 4.78 is 22.7. The molecule has 2 aliphatic heterocycles. The van der Waals surface area contributed by atoms with E-state index in [1.54, 1.807) is 6.08 Å². The van der Waals surface area contributed by atoms with Gasteiger partial charge in [0, 0.05) is 6.42 Å².